The van der Waals surface area contributed by atoms with Crippen LogP contribution in [0.2, 0.25) is 0 Å². The minimum Gasteiger partial charge on any atom is -0.375 e. The van der Waals surface area contributed by atoms with Crippen LogP contribution in [0.4, 0.5) is 10.2 Å². The van der Waals surface area contributed by atoms with E-state index in [9.17, 15) is 4.39 Å². The van der Waals surface area contributed by atoms with Gasteiger partial charge in [0, 0.05) is 18.5 Å². The summed E-state index contributed by atoms with van der Waals surface area (Å²) in [4.78, 5) is 8.22. The number of rotatable bonds is 3. The Hall–Kier alpha value is -2.01. The second-order valence-corrected chi connectivity index (χ2v) is 4.38. The predicted molar refractivity (Wildman–Crippen MR) is 68.0 cm³/mol. The van der Waals surface area contributed by atoms with Crippen LogP contribution >= 0.6 is 0 Å². The topological polar surface area (TPSA) is 47.0 Å². The van der Waals surface area contributed by atoms with Crippen molar-refractivity contribution in [1.29, 1.82) is 0 Å². The molecule has 2 aromatic rings. The van der Waals surface area contributed by atoms with Crippen LogP contribution in [0.15, 0.2) is 24.3 Å². The summed E-state index contributed by atoms with van der Waals surface area (Å²) in [6.07, 6.45) is 3.41. The minimum atomic E-state index is -0.232. The molecule has 0 saturated carbocycles. The van der Waals surface area contributed by atoms with E-state index in [1.807, 2.05) is 6.07 Å². The molecule has 1 N–H and O–H groups in total. The van der Waals surface area contributed by atoms with Crippen LogP contribution < -0.4 is 5.32 Å². The van der Waals surface area contributed by atoms with Gasteiger partial charge in [0.2, 0.25) is 0 Å². The molecule has 0 amide bonds. The summed E-state index contributed by atoms with van der Waals surface area (Å²) in [5, 5.41) is 3.21. The third kappa shape index (κ3) is 2.71. The summed E-state index contributed by atoms with van der Waals surface area (Å²) in [6, 6.07) is 6.51. The molecule has 0 spiro atoms. The van der Waals surface area contributed by atoms with E-state index in [1.54, 1.807) is 6.07 Å². The van der Waals surface area contributed by atoms with Crippen LogP contribution in [0.3, 0.4) is 0 Å². The van der Waals surface area contributed by atoms with Gasteiger partial charge >= 0.3 is 0 Å². The smallest absolute Gasteiger partial charge is 0.200 e. The summed E-state index contributed by atoms with van der Waals surface area (Å²) >= 11 is 0. The lowest BCUT2D eigenvalue weighted by Crippen LogP contribution is -2.16. The number of fused-ring (bicyclic) bond motifs is 1. The van der Waals surface area contributed by atoms with E-state index in [0.717, 1.165) is 29.1 Å². The van der Waals surface area contributed by atoms with Gasteiger partial charge in [0.25, 0.3) is 0 Å². The molecule has 1 aromatic heterocycles. The van der Waals surface area contributed by atoms with Gasteiger partial charge in [0.15, 0.2) is 6.33 Å². The van der Waals surface area contributed by atoms with Crippen LogP contribution in [0.1, 0.15) is 16.8 Å². The Kier molecular flexibility index (Phi) is 3.37. The first kappa shape index (κ1) is 12.0. The lowest BCUT2D eigenvalue weighted by molar-refractivity contribution is 0.107. The van der Waals surface area contributed by atoms with E-state index < -0.39 is 0 Å². The maximum atomic E-state index is 13.1. The second-order valence-electron chi connectivity index (χ2n) is 4.38. The van der Waals surface area contributed by atoms with Gasteiger partial charge in [0.1, 0.15) is 11.6 Å². The highest BCUT2D eigenvalue weighted by Gasteiger charge is 2.15. The SMILES string of the molecule is Fc1cccc(CNc2n[c]nc3c2CCOC3)c1. The third-order valence-corrected chi connectivity index (χ3v) is 3.07. The van der Waals surface area contributed by atoms with E-state index in [1.165, 1.54) is 12.1 Å². The highest BCUT2D eigenvalue weighted by atomic mass is 19.1. The highest BCUT2D eigenvalue weighted by Crippen LogP contribution is 2.21. The first-order valence-electron chi connectivity index (χ1n) is 6.15. The Labute approximate surface area is 110 Å². The van der Waals surface area contributed by atoms with Crippen LogP contribution in [-0.2, 0) is 24.3 Å². The van der Waals surface area contributed by atoms with Gasteiger partial charge in [-0.3, -0.25) is 0 Å². The molecule has 0 unspecified atom stereocenters. The maximum Gasteiger partial charge on any atom is 0.200 e. The molecule has 0 fully saturated rings. The second kappa shape index (κ2) is 5.32. The number of anilines is 1. The van der Waals surface area contributed by atoms with Crippen LogP contribution in [0.5, 0.6) is 0 Å². The molecule has 0 bridgehead atoms. The van der Waals surface area contributed by atoms with E-state index in [4.69, 9.17) is 4.74 Å². The average Bonchev–Trinajstić information content (AvgIpc) is 2.45. The molecule has 4 nitrogen and oxygen atoms in total. The maximum absolute atomic E-state index is 13.1. The molecule has 1 radical (unpaired) electrons. The van der Waals surface area contributed by atoms with Crippen LogP contribution in [0, 0.1) is 12.1 Å². The van der Waals surface area contributed by atoms with Crippen molar-refractivity contribution >= 4 is 5.82 Å². The van der Waals surface area contributed by atoms with Crippen molar-refractivity contribution in [2.24, 2.45) is 0 Å². The van der Waals surface area contributed by atoms with E-state index in [-0.39, 0.29) is 5.82 Å². The Balaban J connectivity index is 1.77. The Bertz CT molecular complexity index is 589. The summed E-state index contributed by atoms with van der Waals surface area (Å²) in [5.41, 5.74) is 2.82. The molecule has 1 aliphatic rings. The van der Waals surface area contributed by atoms with Crippen LogP contribution in [-0.4, -0.2) is 16.6 Å². The first-order valence-corrected chi connectivity index (χ1v) is 6.15. The van der Waals surface area contributed by atoms with Crippen molar-refractivity contribution in [1.82, 2.24) is 9.97 Å². The van der Waals surface area contributed by atoms with Gasteiger partial charge in [-0.1, -0.05) is 12.1 Å². The monoisotopic (exact) mass is 258 g/mol. The predicted octanol–water partition coefficient (Wildman–Crippen LogP) is 2.10. The zero-order chi connectivity index (χ0) is 13.1. The molecule has 0 atom stereocenters. The molecular weight excluding hydrogens is 245 g/mol. The number of benzene rings is 1. The number of nitrogens with one attached hydrogen (secondary N) is 1. The number of nitrogens with zero attached hydrogens (tertiary/aromatic N) is 2. The molecule has 0 aliphatic carbocycles. The third-order valence-electron chi connectivity index (χ3n) is 3.07. The Morgan fingerprint density at radius 1 is 1.37 bits per heavy atom. The fraction of sp³-hybridized carbons (Fsp3) is 0.286. The standard InChI is InChI=1S/C14H13FN3O/c15-11-3-1-2-10(6-11)7-16-14-12-4-5-19-8-13(12)17-9-18-14/h1-3,6H,4-5,7-8H2,(H,16,17,18). The quantitative estimate of drug-likeness (QED) is 0.916. The van der Waals surface area contributed by atoms with Gasteiger partial charge in [-0.25, -0.2) is 14.4 Å². The van der Waals surface area contributed by atoms with Crippen molar-refractivity contribution in [2.45, 2.75) is 19.6 Å². The van der Waals surface area contributed by atoms with Crippen molar-refractivity contribution in [3.63, 3.8) is 0 Å². The zero-order valence-corrected chi connectivity index (χ0v) is 10.3. The number of hydrogen-bond acceptors (Lipinski definition) is 4. The average molecular weight is 258 g/mol. The molecule has 2 heterocycles. The summed E-state index contributed by atoms with van der Waals surface area (Å²) < 4.78 is 18.4. The van der Waals surface area contributed by atoms with Gasteiger partial charge in [0.05, 0.1) is 18.9 Å². The number of hydrogen-bond donors (Lipinski definition) is 1. The van der Waals surface area contributed by atoms with E-state index in [2.05, 4.69) is 21.6 Å². The number of ether oxygens (including phenoxy) is 1. The number of halogens is 1. The molecule has 0 saturated heterocycles. The van der Waals surface area contributed by atoms with Gasteiger partial charge in [-0.05, 0) is 17.7 Å². The fourth-order valence-electron chi connectivity index (χ4n) is 2.11. The lowest BCUT2D eigenvalue weighted by atomic mass is 10.1. The summed E-state index contributed by atoms with van der Waals surface area (Å²) in [5.74, 6) is 0.529. The van der Waals surface area contributed by atoms with Gasteiger partial charge in [-0.2, -0.15) is 0 Å². The molecule has 1 aliphatic heterocycles. The molecule has 97 valence electrons. The number of aromatic nitrogens is 2. The molecule has 5 heteroatoms. The van der Waals surface area contributed by atoms with Gasteiger partial charge < -0.3 is 10.1 Å². The Morgan fingerprint density at radius 3 is 3.21 bits per heavy atom. The Morgan fingerprint density at radius 2 is 2.32 bits per heavy atom. The van der Waals surface area contributed by atoms with E-state index >= 15 is 0 Å². The van der Waals surface area contributed by atoms with Crippen molar-refractivity contribution < 1.29 is 9.13 Å². The van der Waals surface area contributed by atoms with Crippen molar-refractivity contribution in [3.8, 4) is 0 Å². The first-order chi connectivity index (χ1) is 9.33. The summed E-state index contributed by atoms with van der Waals surface area (Å²) in [7, 11) is 0. The normalized spacial score (nSPS) is 13.9. The van der Waals surface area contributed by atoms with Crippen LogP contribution in [0.25, 0.3) is 0 Å². The molecular formula is C14H13FN3O. The fourth-order valence-corrected chi connectivity index (χ4v) is 2.11. The van der Waals surface area contributed by atoms with Crippen molar-refractivity contribution in [3.05, 3.63) is 53.2 Å². The minimum absolute atomic E-state index is 0.232. The van der Waals surface area contributed by atoms with Crippen molar-refractivity contribution in [2.75, 3.05) is 11.9 Å². The van der Waals surface area contributed by atoms with Gasteiger partial charge in [-0.15, -0.1) is 0 Å². The molecule has 3 rings (SSSR count). The largest absolute Gasteiger partial charge is 0.375 e. The summed E-state index contributed by atoms with van der Waals surface area (Å²) in [6.45, 7) is 1.70. The van der Waals surface area contributed by atoms with E-state index in [0.29, 0.717) is 19.8 Å². The zero-order valence-electron chi connectivity index (χ0n) is 10.3. The highest BCUT2D eigenvalue weighted by molar-refractivity contribution is 5.46. The molecule has 1 aromatic carbocycles. The molecule has 19 heavy (non-hydrogen) atoms. The lowest BCUT2D eigenvalue weighted by Gasteiger charge is -2.18.